The van der Waals surface area contributed by atoms with E-state index in [0.717, 1.165) is 38.6 Å². The van der Waals surface area contributed by atoms with Crippen molar-refractivity contribution in [3.05, 3.63) is 12.4 Å². The number of hydrogen-bond acceptors (Lipinski definition) is 4. The summed E-state index contributed by atoms with van der Waals surface area (Å²) in [7, 11) is 1.74. The maximum Gasteiger partial charge on any atom is 0.203 e. The summed E-state index contributed by atoms with van der Waals surface area (Å²) in [4.78, 5) is 6.89. The highest BCUT2D eigenvalue weighted by Gasteiger charge is 2.10. The number of imidazole rings is 1. The summed E-state index contributed by atoms with van der Waals surface area (Å²) in [6.45, 7) is 11.9. The van der Waals surface area contributed by atoms with Crippen LogP contribution in [0, 0.1) is 0 Å². The molecule has 21 heavy (non-hydrogen) atoms. The van der Waals surface area contributed by atoms with Crippen LogP contribution in [0.15, 0.2) is 12.4 Å². The molecule has 0 radical (unpaired) electrons. The third kappa shape index (κ3) is 6.48. The summed E-state index contributed by atoms with van der Waals surface area (Å²) in [5, 5.41) is 3.39. The van der Waals surface area contributed by atoms with Gasteiger partial charge < -0.3 is 19.5 Å². The van der Waals surface area contributed by atoms with Crippen LogP contribution in [0.3, 0.4) is 0 Å². The molecular weight excluding hydrogens is 264 g/mol. The van der Waals surface area contributed by atoms with E-state index in [2.05, 4.69) is 46.7 Å². The molecule has 0 fully saturated rings. The molecule has 0 spiro atoms. The monoisotopic (exact) mass is 296 g/mol. The van der Waals surface area contributed by atoms with E-state index < -0.39 is 0 Å². The molecule has 0 amide bonds. The van der Waals surface area contributed by atoms with E-state index in [4.69, 9.17) is 4.74 Å². The van der Waals surface area contributed by atoms with Crippen molar-refractivity contribution in [1.82, 2.24) is 14.5 Å². The van der Waals surface area contributed by atoms with Gasteiger partial charge in [-0.2, -0.15) is 0 Å². The maximum atomic E-state index is 5.06. The van der Waals surface area contributed by atoms with Crippen molar-refractivity contribution in [3.8, 4) is 0 Å². The summed E-state index contributed by atoms with van der Waals surface area (Å²) in [5.74, 6) is 0.974. The van der Waals surface area contributed by atoms with Gasteiger partial charge in [-0.3, -0.25) is 0 Å². The lowest BCUT2D eigenvalue weighted by Gasteiger charge is -2.21. The topological polar surface area (TPSA) is 42.3 Å². The quantitative estimate of drug-likeness (QED) is 0.602. The average Bonchev–Trinajstić information content (AvgIpc) is 2.96. The molecule has 0 saturated heterocycles. The van der Waals surface area contributed by atoms with Crippen LogP contribution in [0.2, 0.25) is 0 Å². The van der Waals surface area contributed by atoms with Crippen LogP contribution in [0.25, 0.3) is 0 Å². The average molecular weight is 296 g/mol. The lowest BCUT2D eigenvalue weighted by atomic mass is 10.1. The van der Waals surface area contributed by atoms with E-state index in [1.165, 1.54) is 19.4 Å². The zero-order valence-corrected chi connectivity index (χ0v) is 14.1. The first-order valence-corrected chi connectivity index (χ1v) is 8.20. The van der Waals surface area contributed by atoms with Crippen molar-refractivity contribution in [1.29, 1.82) is 0 Å². The summed E-state index contributed by atoms with van der Waals surface area (Å²) in [6.07, 6.45) is 7.35. The standard InChI is InChI=1S/C16H32N4O/c1-5-19(6-2)12-7-9-15(3)20-13-11-18-16(20)17-10-8-14-21-4/h11,13,15H,5-10,12,14H2,1-4H3,(H,17,18). The Morgan fingerprint density at radius 1 is 1.33 bits per heavy atom. The number of nitrogens with zero attached hydrogens (tertiary/aromatic N) is 3. The van der Waals surface area contributed by atoms with Crippen LogP contribution in [0.4, 0.5) is 5.95 Å². The molecule has 1 atom stereocenters. The number of methoxy groups -OCH3 is 1. The molecule has 1 heterocycles. The number of nitrogens with one attached hydrogen (secondary N) is 1. The number of anilines is 1. The molecule has 5 nitrogen and oxygen atoms in total. The van der Waals surface area contributed by atoms with E-state index in [1.54, 1.807) is 7.11 Å². The Hall–Kier alpha value is -1.07. The van der Waals surface area contributed by atoms with E-state index in [9.17, 15) is 0 Å². The van der Waals surface area contributed by atoms with Crippen LogP contribution < -0.4 is 5.32 Å². The van der Waals surface area contributed by atoms with Gasteiger partial charge in [0.25, 0.3) is 0 Å². The predicted octanol–water partition coefficient (Wildman–Crippen LogP) is 3.01. The minimum absolute atomic E-state index is 0.480. The van der Waals surface area contributed by atoms with Crippen LogP contribution in [0.1, 0.15) is 46.1 Å². The highest BCUT2D eigenvalue weighted by atomic mass is 16.5. The fourth-order valence-electron chi connectivity index (χ4n) is 2.51. The number of ether oxygens (including phenoxy) is 1. The largest absolute Gasteiger partial charge is 0.385 e. The minimum atomic E-state index is 0.480. The molecule has 1 aromatic rings. The fourth-order valence-corrected chi connectivity index (χ4v) is 2.51. The van der Waals surface area contributed by atoms with Crippen LogP contribution in [-0.2, 0) is 4.74 Å². The second-order valence-electron chi connectivity index (χ2n) is 5.45. The Morgan fingerprint density at radius 3 is 2.76 bits per heavy atom. The third-order valence-corrected chi connectivity index (χ3v) is 3.94. The summed E-state index contributed by atoms with van der Waals surface area (Å²) in [6, 6.07) is 0.480. The zero-order chi connectivity index (χ0) is 15.5. The van der Waals surface area contributed by atoms with Crippen molar-refractivity contribution >= 4 is 5.95 Å². The molecule has 5 heteroatoms. The van der Waals surface area contributed by atoms with Gasteiger partial charge in [-0.05, 0) is 45.8 Å². The predicted molar refractivity (Wildman–Crippen MR) is 88.9 cm³/mol. The van der Waals surface area contributed by atoms with E-state index in [0.29, 0.717) is 6.04 Å². The first kappa shape index (κ1) is 18.0. The van der Waals surface area contributed by atoms with Crippen LogP contribution in [0.5, 0.6) is 0 Å². The Balaban J connectivity index is 2.36. The molecule has 1 aromatic heterocycles. The van der Waals surface area contributed by atoms with Gasteiger partial charge in [0.2, 0.25) is 5.95 Å². The second kappa shape index (κ2) is 10.6. The SMILES string of the molecule is CCN(CC)CCCC(C)n1ccnc1NCCCOC. The molecular formula is C16H32N4O. The van der Waals surface area contributed by atoms with E-state index in [-0.39, 0.29) is 0 Å². The molecule has 0 aliphatic rings. The zero-order valence-electron chi connectivity index (χ0n) is 14.1. The first-order chi connectivity index (χ1) is 10.2. The summed E-state index contributed by atoms with van der Waals surface area (Å²) < 4.78 is 7.31. The molecule has 1 N–H and O–H groups in total. The van der Waals surface area contributed by atoms with Crippen molar-refractivity contribution in [3.63, 3.8) is 0 Å². The maximum absolute atomic E-state index is 5.06. The molecule has 1 rings (SSSR count). The summed E-state index contributed by atoms with van der Waals surface area (Å²) >= 11 is 0. The van der Waals surface area contributed by atoms with Crippen molar-refractivity contribution in [2.75, 3.05) is 45.2 Å². The van der Waals surface area contributed by atoms with Gasteiger partial charge in [0.05, 0.1) is 0 Å². The van der Waals surface area contributed by atoms with Crippen molar-refractivity contribution < 1.29 is 4.74 Å². The normalized spacial score (nSPS) is 12.8. The van der Waals surface area contributed by atoms with Gasteiger partial charge in [0.15, 0.2) is 0 Å². The number of hydrogen-bond donors (Lipinski definition) is 1. The van der Waals surface area contributed by atoms with Gasteiger partial charge in [-0.25, -0.2) is 4.98 Å². The highest BCUT2D eigenvalue weighted by molar-refractivity contribution is 5.26. The number of rotatable bonds is 12. The van der Waals surface area contributed by atoms with Gasteiger partial charge >= 0.3 is 0 Å². The van der Waals surface area contributed by atoms with Gasteiger partial charge in [0.1, 0.15) is 0 Å². The molecule has 122 valence electrons. The third-order valence-electron chi connectivity index (χ3n) is 3.94. The molecule has 0 aromatic carbocycles. The van der Waals surface area contributed by atoms with E-state index >= 15 is 0 Å². The number of aromatic nitrogens is 2. The van der Waals surface area contributed by atoms with Crippen LogP contribution >= 0.6 is 0 Å². The van der Waals surface area contributed by atoms with Gasteiger partial charge in [-0.15, -0.1) is 0 Å². The van der Waals surface area contributed by atoms with Gasteiger partial charge in [-0.1, -0.05) is 13.8 Å². The Bertz CT molecular complexity index is 363. The molecule has 0 saturated carbocycles. The molecule has 0 aliphatic heterocycles. The smallest absolute Gasteiger partial charge is 0.203 e. The lowest BCUT2D eigenvalue weighted by molar-refractivity contribution is 0.197. The first-order valence-electron chi connectivity index (χ1n) is 8.20. The Morgan fingerprint density at radius 2 is 2.10 bits per heavy atom. The van der Waals surface area contributed by atoms with Crippen molar-refractivity contribution in [2.45, 2.75) is 46.1 Å². The van der Waals surface area contributed by atoms with Crippen LogP contribution in [-0.4, -0.2) is 54.3 Å². The Kier molecular flexibility index (Phi) is 9.10. The second-order valence-corrected chi connectivity index (χ2v) is 5.45. The van der Waals surface area contributed by atoms with Gasteiger partial charge in [0, 0.05) is 38.7 Å². The fraction of sp³-hybridized carbons (Fsp3) is 0.812. The Labute approximate surface area is 129 Å². The lowest BCUT2D eigenvalue weighted by Crippen LogP contribution is -2.24. The molecule has 0 bridgehead atoms. The molecule has 1 unspecified atom stereocenters. The highest BCUT2D eigenvalue weighted by Crippen LogP contribution is 2.18. The minimum Gasteiger partial charge on any atom is -0.385 e. The molecule has 0 aliphatic carbocycles. The van der Waals surface area contributed by atoms with Crippen molar-refractivity contribution in [2.24, 2.45) is 0 Å². The van der Waals surface area contributed by atoms with E-state index in [1.807, 2.05) is 6.20 Å². The summed E-state index contributed by atoms with van der Waals surface area (Å²) in [5.41, 5.74) is 0.